The Morgan fingerprint density at radius 3 is 2.60 bits per heavy atom. The van der Waals surface area contributed by atoms with E-state index in [1.165, 1.54) is 6.42 Å². The van der Waals surface area contributed by atoms with Gasteiger partial charge < -0.3 is 4.42 Å². The predicted octanol–water partition coefficient (Wildman–Crippen LogP) is 2.86. The maximum atomic E-state index is 11.9. The molecule has 0 amide bonds. The summed E-state index contributed by atoms with van der Waals surface area (Å²) < 4.78 is 5.13. The van der Waals surface area contributed by atoms with Gasteiger partial charge in [-0.05, 0) is 25.0 Å². The zero-order chi connectivity index (χ0) is 10.7. The molecule has 0 bridgehead atoms. The van der Waals surface area contributed by atoms with E-state index in [4.69, 9.17) is 4.42 Å². The van der Waals surface area contributed by atoms with Gasteiger partial charge in [0.2, 0.25) is 5.78 Å². The zero-order valence-electron chi connectivity index (χ0n) is 8.57. The first kappa shape index (κ1) is 10.1. The van der Waals surface area contributed by atoms with Crippen molar-refractivity contribution >= 4 is 12.1 Å². The summed E-state index contributed by atoms with van der Waals surface area (Å²) in [7, 11) is 0. The van der Waals surface area contributed by atoms with E-state index in [1.54, 1.807) is 12.1 Å². The smallest absolute Gasteiger partial charge is 0.201 e. The van der Waals surface area contributed by atoms with E-state index in [1.807, 2.05) is 0 Å². The van der Waals surface area contributed by atoms with Gasteiger partial charge in [-0.3, -0.25) is 9.59 Å². The Morgan fingerprint density at radius 2 is 2.00 bits per heavy atom. The largest absolute Gasteiger partial charge is 0.450 e. The van der Waals surface area contributed by atoms with Crippen LogP contribution in [0, 0.1) is 5.92 Å². The van der Waals surface area contributed by atoms with Gasteiger partial charge in [-0.1, -0.05) is 19.3 Å². The van der Waals surface area contributed by atoms with E-state index in [0.717, 1.165) is 25.7 Å². The monoisotopic (exact) mass is 206 g/mol. The average Bonchev–Trinajstić information content (AvgIpc) is 2.78. The first-order valence-electron chi connectivity index (χ1n) is 5.40. The molecule has 1 fully saturated rings. The van der Waals surface area contributed by atoms with E-state index in [2.05, 4.69) is 0 Å². The van der Waals surface area contributed by atoms with E-state index in [0.29, 0.717) is 12.0 Å². The molecular weight excluding hydrogens is 192 g/mol. The molecule has 0 aliphatic heterocycles. The van der Waals surface area contributed by atoms with E-state index < -0.39 is 0 Å². The van der Waals surface area contributed by atoms with Crippen LogP contribution in [0.15, 0.2) is 16.5 Å². The van der Waals surface area contributed by atoms with E-state index in [-0.39, 0.29) is 17.5 Å². The highest BCUT2D eigenvalue weighted by molar-refractivity contribution is 5.96. The number of Topliss-reactive ketones (excluding diaryl/α,β-unsaturated/α-hetero) is 1. The van der Waals surface area contributed by atoms with E-state index >= 15 is 0 Å². The molecule has 0 radical (unpaired) electrons. The van der Waals surface area contributed by atoms with Crippen LogP contribution in [0.1, 0.15) is 53.2 Å². The Balaban J connectivity index is 2.08. The van der Waals surface area contributed by atoms with Gasteiger partial charge >= 0.3 is 0 Å². The minimum absolute atomic E-state index is 0.0581. The molecule has 0 N–H and O–H groups in total. The van der Waals surface area contributed by atoms with Crippen LogP contribution in [0.2, 0.25) is 0 Å². The summed E-state index contributed by atoms with van der Waals surface area (Å²) in [4.78, 5) is 22.3. The summed E-state index contributed by atoms with van der Waals surface area (Å²) in [5.41, 5.74) is 0. The summed E-state index contributed by atoms with van der Waals surface area (Å²) in [6.07, 6.45) is 6.00. The number of furan rings is 1. The highest BCUT2D eigenvalue weighted by Gasteiger charge is 2.24. The van der Waals surface area contributed by atoms with Crippen LogP contribution in [0.3, 0.4) is 0 Å². The third-order valence-corrected chi connectivity index (χ3v) is 2.96. The van der Waals surface area contributed by atoms with Gasteiger partial charge in [0.25, 0.3) is 0 Å². The van der Waals surface area contributed by atoms with Crippen LogP contribution in [-0.2, 0) is 0 Å². The predicted molar refractivity (Wildman–Crippen MR) is 55.0 cm³/mol. The molecule has 1 heterocycles. The molecule has 3 heteroatoms. The van der Waals surface area contributed by atoms with Crippen molar-refractivity contribution in [3.8, 4) is 0 Å². The Morgan fingerprint density at radius 1 is 1.27 bits per heavy atom. The lowest BCUT2D eigenvalue weighted by Crippen LogP contribution is -2.17. The Kier molecular flexibility index (Phi) is 2.99. The number of carbonyl (C=O) groups is 2. The second-order valence-electron chi connectivity index (χ2n) is 4.02. The molecular formula is C12H14O3. The maximum absolute atomic E-state index is 11.9. The van der Waals surface area contributed by atoms with Crippen LogP contribution in [0.5, 0.6) is 0 Å². The van der Waals surface area contributed by atoms with Gasteiger partial charge in [-0.15, -0.1) is 0 Å². The van der Waals surface area contributed by atoms with Crippen LogP contribution < -0.4 is 0 Å². The van der Waals surface area contributed by atoms with Crippen LogP contribution in [-0.4, -0.2) is 12.1 Å². The van der Waals surface area contributed by atoms with Crippen molar-refractivity contribution in [3.05, 3.63) is 23.7 Å². The third kappa shape index (κ3) is 2.17. The standard InChI is InChI=1S/C12H14O3/c13-8-10-6-7-11(15-10)12(14)9-4-2-1-3-5-9/h6-9H,1-5H2. The molecule has 1 aliphatic carbocycles. The summed E-state index contributed by atoms with van der Waals surface area (Å²) in [6, 6.07) is 3.14. The number of carbonyl (C=O) groups excluding carboxylic acids is 2. The van der Waals surface area contributed by atoms with Crippen molar-refractivity contribution in [1.29, 1.82) is 0 Å². The van der Waals surface area contributed by atoms with Crippen LogP contribution in [0.4, 0.5) is 0 Å². The quantitative estimate of drug-likeness (QED) is 0.564. The Labute approximate surface area is 88.5 Å². The average molecular weight is 206 g/mol. The molecule has 1 aromatic rings. The second-order valence-corrected chi connectivity index (χ2v) is 4.02. The molecule has 0 spiro atoms. The van der Waals surface area contributed by atoms with Crippen molar-refractivity contribution in [2.45, 2.75) is 32.1 Å². The van der Waals surface area contributed by atoms with Crippen molar-refractivity contribution in [1.82, 2.24) is 0 Å². The molecule has 0 atom stereocenters. The lowest BCUT2D eigenvalue weighted by Gasteiger charge is -2.18. The summed E-state index contributed by atoms with van der Waals surface area (Å²) in [5.74, 6) is 0.727. The molecule has 1 saturated carbocycles. The highest BCUT2D eigenvalue weighted by atomic mass is 16.4. The molecule has 0 unspecified atom stereocenters. The van der Waals surface area contributed by atoms with E-state index in [9.17, 15) is 9.59 Å². The number of hydrogen-bond acceptors (Lipinski definition) is 3. The second kappa shape index (κ2) is 4.43. The number of aldehydes is 1. The third-order valence-electron chi connectivity index (χ3n) is 2.96. The zero-order valence-corrected chi connectivity index (χ0v) is 8.57. The highest BCUT2D eigenvalue weighted by Crippen LogP contribution is 2.27. The Hall–Kier alpha value is -1.38. The number of ketones is 1. The van der Waals surface area contributed by atoms with Crippen LogP contribution >= 0.6 is 0 Å². The number of hydrogen-bond donors (Lipinski definition) is 0. The lowest BCUT2D eigenvalue weighted by atomic mass is 9.85. The van der Waals surface area contributed by atoms with Gasteiger partial charge in [0.15, 0.2) is 17.8 Å². The molecule has 0 saturated heterocycles. The molecule has 80 valence electrons. The van der Waals surface area contributed by atoms with Crippen molar-refractivity contribution in [3.63, 3.8) is 0 Å². The summed E-state index contributed by atoms with van der Waals surface area (Å²) in [5, 5.41) is 0. The molecule has 1 aliphatic rings. The van der Waals surface area contributed by atoms with Gasteiger partial charge in [0, 0.05) is 5.92 Å². The fraction of sp³-hybridized carbons (Fsp3) is 0.500. The normalized spacial score (nSPS) is 17.6. The molecule has 3 nitrogen and oxygen atoms in total. The lowest BCUT2D eigenvalue weighted by molar-refractivity contribution is 0.0858. The van der Waals surface area contributed by atoms with Gasteiger partial charge in [-0.2, -0.15) is 0 Å². The van der Waals surface area contributed by atoms with Gasteiger partial charge in [0.05, 0.1) is 0 Å². The number of rotatable bonds is 3. The minimum atomic E-state index is 0.0581. The Bertz CT molecular complexity index is 359. The topological polar surface area (TPSA) is 47.3 Å². The summed E-state index contributed by atoms with van der Waals surface area (Å²) in [6.45, 7) is 0. The fourth-order valence-electron chi connectivity index (χ4n) is 2.11. The minimum Gasteiger partial charge on any atom is -0.450 e. The van der Waals surface area contributed by atoms with Gasteiger partial charge in [-0.25, -0.2) is 0 Å². The first-order valence-corrected chi connectivity index (χ1v) is 5.40. The van der Waals surface area contributed by atoms with Crippen LogP contribution in [0.25, 0.3) is 0 Å². The van der Waals surface area contributed by atoms with Gasteiger partial charge in [0.1, 0.15) is 0 Å². The SMILES string of the molecule is O=Cc1ccc(C(=O)C2CCCCC2)o1. The molecule has 1 aromatic heterocycles. The van der Waals surface area contributed by atoms with Crippen molar-refractivity contribution < 1.29 is 14.0 Å². The molecule has 0 aromatic carbocycles. The fourth-order valence-corrected chi connectivity index (χ4v) is 2.11. The van der Waals surface area contributed by atoms with Crippen molar-refractivity contribution in [2.24, 2.45) is 5.92 Å². The summed E-state index contributed by atoms with van der Waals surface area (Å²) >= 11 is 0. The molecule has 2 rings (SSSR count). The van der Waals surface area contributed by atoms with Crippen molar-refractivity contribution in [2.75, 3.05) is 0 Å². The first-order chi connectivity index (χ1) is 7.31. The maximum Gasteiger partial charge on any atom is 0.201 e. The molecule has 15 heavy (non-hydrogen) atoms.